The smallest absolute Gasteiger partial charge is 0.118 e. The Morgan fingerprint density at radius 1 is 0.630 bits per heavy atom. The first-order valence-corrected chi connectivity index (χ1v) is 10.5. The Hall–Kier alpha value is -1.96. The van der Waals surface area contributed by atoms with E-state index in [1.807, 2.05) is 0 Å². The molecule has 0 N–H and O–H groups in total. The van der Waals surface area contributed by atoms with Gasteiger partial charge in [0.1, 0.15) is 11.5 Å². The molecule has 0 spiro atoms. The number of ether oxygens (including phenoxy) is 2. The zero-order valence-corrected chi connectivity index (χ0v) is 16.4. The Balaban J connectivity index is 1.54. The van der Waals surface area contributed by atoms with Gasteiger partial charge in [0.15, 0.2) is 0 Å². The zero-order chi connectivity index (χ0) is 18.4. The highest BCUT2D eigenvalue weighted by molar-refractivity contribution is 5.39. The largest absolute Gasteiger partial charge is 0.497 e. The molecule has 0 aromatic heterocycles. The molecule has 0 atom stereocenters. The van der Waals surface area contributed by atoms with Crippen molar-refractivity contribution in [3.63, 3.8) is 0 Å². The van der Waals surface area contributed by atoms with Gasteiger partial charge in [0.05, 0.1) is 14.2 Å². The molecule has 0 unspecified atom stereocenters. The second-order valence-corrected chi connectivity index (χ2v) is 9.03. The van der Waals surface area contributed by atoms with E-state index in [1.165, 1.54) is 43.2 Å². The highest BCUT2D eigenvalue weighted by atomic mass is 16.5. The maximum Gasteiger partial charge on any atom is 0.118 e. The van der Waals surface area contributed by atoms with E-state index in [0.29, 0.717) is 5.92 Å². The summed E-state index contributed by atoms with van der Waals surface area (Å²) in [4.78, 5) is 0. The van der Waals surface area contributed by atoms with E-state index < -0.39 is 0 Å². The Bertz CT molecular complexity index is 701. The molecule has 2 nitrogen and oxygen atoms in total. The van der Waals surface area contributed by atoms with E-state index in [4.69, 9.17) is 9.47 Å². The molecule has 0 saturated heterocycles. The summed E-state index contributed by atoms with van der Waals surface area (Å²) >= 11 is 0. The van der Waals surface area contributed by atoms with Gasteiger partial charge in [-0.1, -0.05) is 24.3 Å². The molecule has 0 radical (unpaired) electrons. The van der Waals surface area contributed by atoms with E-state index in [1.54, 1.807) is 14.2 Å². The molecule has 6 rings (SSSR count). The van der Waals surface area contributed by atoms with Crippen molar-refractivity contribution < 1.29 is 9.47 Å². The van der Waals surface area contributed by atoms with Gasteiger partial charge in [-0.2, -0.15) is 0 Å². The van der Waals surface area contributed by atoms with Crippen molar-refractivity contribution in [2.75, 3.05) is 14.2 Å². The van der Waals surface area contributed by atoms with Crippen molar-refractivity contribution in [3.8, 4) is 11.5 Å². The third-order valence-corrected chi connectivity index (χ3v) is 7.63. The summed E-state index contributed by atoms with van der Waals surface area (Å²) < 4.78 is 10.8. The first kappa shape index (κ1) is 17.2. The van der Waals surface area contributed by atoms with Gasteiger partial charge in [-0.25, -0.2) is 0 Å². The third-order valence-electron chi connectivity index (χ3n) is 7.63. The Kier molecular flexibility index (Phi) is 4.38. The van der Waals surface area contributed by atoms with Gasteiger partial charge in [0.25, 0.3) is 0 Å². The highest BCUT2D eigenvalue weighted by Crippen LogP contribution is 2.60. The number of hydrogen-bond acceptors (Lipinski definition) is 2. The summed E-state index contributed by atoms with van der Waals surface area (Å²) in [6.45, 7) is 0. The third kappa shape index (κ3) is 3.03. The SMILES string of the molecule is COc1ccc(C(c2ccc(OC)cc2)C2C3CC4CC(C3)CC2C4)cc1. The van der Waals surface area contributed by atoms with Gasteiger partial charge in [-0.05, 0) is 97.1 Å². The van der Waals surface area contributed by atoms with Gasteiger partial charge in [0.2, 0.25) is 0 Å². The second-order valence-electron chi connectivity index (χ2n) is 9.03. The molecule has 2 aromatic carbocycles. The van der Waals surface area contributed by atoms with Gasteiger partial charge in [0, 0.05) is 5.92 Å². The first-order chi connectivity index (χ1) is 13.2. The monoisotopic (exact) mass is 362 g/mol. The van der Waals surface area contributed by atoms with E-state index in [9.17, 15) is 0 Å². The average Bonchev–Trinajstić information content (AvgIpc) is 2.70. The minimum Gasteiger partial charge on any atom is -0.497 e. The number of hydrogen-bond donors (Lipinski definition) is 0. The van der Waals surface area contributed by atoms with E-state index in [-0.39, 0.29) is 0 Å². The standard InChI is InChI=1S/C25H30O2/c1-26-22-7-3-18(4-8-22)24(19-5-9-23(27-2)10-6-19)25-20-12-16-11-17(14-20)15-21(25)13-16/h3-10,16-17,20-21,24-25H,11-15H2,1-2H3. The summed E-state index contributed by atoms with van der Waals surface area (Å²) in [5.41, 5.74) is 2.89. The summed E-state index contributed by atoms with van der Waals surface area (Å²) in [5, 5.41) is 0. The molecule has 2 aromatic rings. The quantitative estimate of drug-likeness (QED) is 0.658. The Morgan fingerprint density at radius 2 is 1.04 bits per heavy atom. The molecule has 2 heteroatoms. The lowest BCUT2D eigenvalue weighted by molar-refractivity contribution is -0.0429. The van der Waals surface area contributed by atoms with Crippen molar-refractivity contribution in [2.24, 2.45) is 29.6 Å². The molecule has 0 amide bonds. The molecule has 4 aliphatic rings. The summed E-state index contributed by atoms with van der Waals surface area (Å²) in [5.74, 6) is 6.96. The highest BCUT2D eigenvalue weighted by Gasteiger charge is 2.50. The molecule has 4 fully saturated rings. The lowest BCUT2D eigenvalue weighted by Gasteiger charge is -2.56. The van der Waals surface area contributed by atoms with Crippen molar-refractivity contribution in [1.82, 2.24) is 0 Å². The van der Waals surface area contributed by atoms with Crippen LogP contribution in [0.15, 0.2) is 48.5 Å². The lowest BCUT2D eigenvalue weighted by atomic mass is 9.48. The average molecular weight is 363 g/mol. The van der Waals surface area contributed by atoms with Crippen LogP contribution in [0.1, 0.15) is 49.1 Å². The fourth-order valence-corrected chi connectivity index (χ4v) is 6.77. The van der Waals surface area contributed by atoms with Crippen LogP contribution in [-0.4, -0.2) is 14.2 Å². The van der Waals surface area contributed by atoms with Crippen LogP contribution in [0.2, 0.25) is 0 Å². The van der Waals surface area contributed by atoms with Crippen molar-refractivity contribution in [2.45, 2.75) is 38.0 Å². The van der Waals surface area contributed by atoms with Crippen LogP contribution >= 0.6 is 0 Å². The first-order valence-electron chi connectivity index (χ1n) is 10.5. The molecule has 4 bridgehead atoms. The maximum atomic E-state index is 5.41. The minimum atomic E-state index is 0.483. The number of rotatable bonds is 5. The normalized spacial score (nSPS) is 31.3. The van der Waals surface area contributed by atoms with Crippen LogP contribution in [0.5, 0.6) is 11.5 Å². The molecule has 142 valence electrons. The van der Waals surface area contributed by atoms with Gasteiger partial charge in [-0.3, -0.25) is 0 Å². The van der Waals surface area contributed by atoms with E-state index in [0.717, 1.165) is 41.1 Å². The van der Waals surface area contributed by atoms with E-state index in [2.05, 4.69) is 48.5 Å². The fourth-order valence-electron chi connectivity index (χ4n) is 6.77. The molecular weight excluding hydrogens is 332 g/mol. The Morgan fingerprint density at radius 3 is 1.41 bits per heavy atom. The van der Waals surface area contributed by atoms with Crippen molar-refractivity contribution in [3.05, 3.63) is 59.7 Å². The number of benzene rings is 2. The minimum absolute atomic E-state index is 0.483. The summed E-state index contributed by atoms with van der Waals surface area (Å²) in [6.07, 6.45) is 7.34. The molecule has 4 aliphatic carbocycles. The van der Waals surface area contributed by atoms with Crippen LogP contribution in [0.3, 0.4) is 0 Å². The number of methoxy groups -OCH3 is 2. The van der Waals surface area contributed by atoms with Gasteiger partial charge in [-0.15, -0.1) is 0 Å². The predicted octanol–water partition coefficient (Wildman–Crippen LogP) is 5.91. The molecule has 0 heterocycles. The van der Waals surface area contributed by atoms with Gasteiger partial charge < -0.3 is 9.47 Å². The molecule has 4 saturated carbocycles. The van der Waals surface area contributed by atoms with E-state index >= 15 is 0 Å². The summed E-state index contributed by atoms with van der Waals surface area (Å²) in [6, 6.07) is 17.7. The van der Waals surface area contributed by atoms with Crippen LogP contribution < -0.4 is 9.47 Å². The topological polar surface area (TPSA) is 18.5 Å². The zero-order valence-electron chi connectivity index (χ0n) is 16.4. The fraction of sp³-hybridized carbons (Fsp3) is 0.520. The predicted molar refractivity (Wildman–Crippen MR) is 108 cm³/mol. The second kappa shape index (κ2) is 6.89. The van der Waals surface area contributed by atoms with Crippen LogP contribution in [0.25, 0.3) is 0 Å². The van der Waals surface area contributed by atoms with Crippen molar-refractivity contribution >= 4 is 0 Å². The van der Waals surface area contributed by atoms with Crippen LogP contribution in [-0.2, 0) is 0 Å². The maximum absolute atomic E-state index is 5.41. The van der Waals surface area contributed by atoms with Crippen LogP contribution in [0, 0.1) is 29.6 Å². The van der Waals surface area contributed by atoms with Crippen LogP contribution in [0.4, 0.5) is 0 Å². The molecule has 27 heavy (non-hydrogen) atoms. The molecule has 0 aliphatic heterocycles. The van der Waals surface area contributed by atoms with Crippen molar-refractivity contribution in [1.29, 1.82) is 0 Å². The molecular formula is C25H30O2. The lowest BCUT2D eigenvalue weighted by Crippen LogP contribution is -2.47. The Labute approximate surface area is 162 Å². The van der Waals surface area contributed by atoms with Gasteiger partial charge >= 0.3 is 0 Å². The summed E-state index contributed by atoms with van der Waals surface area (Å²) in [7, 11) is 3.49.